The van der Waals surface area contributed by atoms with Crippen LogP contribution in [0.3, 0.4) is 0 Å². The molecule has 0 aliphatic carbocycles. The van der Waals surface area contributed by atoms with Crippen LogP contribution in [-0.2, 0) is 6.54 Å². The third-order valence-electron chi connectivity index (χ3n) is 3.71. The Morgan fingerprint density at radius 1 is 1.27 bits per heavy atom. The number of imidazole rings is 1. The van der Waals surface area contributed by atoms with Gasteiger partial charge in [-0.15, -0.1) is 0 Å². The molecule has 0 saturated carbocycles. The number of amides is 1. The maximum Gasteiger partial charge on any atom is 0.284 e. The quantitative estimate of drug-likeness (QED) is 0.547. The van der Waals surface area contributed by atoms with Crippen molar-refractivity contribution in [3.05, 3.63) is 59.2 Å². The fraction of sp³-hybridized carbons (Fsp3) is 0.176. The number of hydrogen-bond donors (Lipinski definition) is 1. The summed E-state index contributed by atoms with van der Waals surface area (Å²) in [6.45, 7) is 1.94. The lowest BCUT2D eigenvalue weighted by Gasteiger charge is -2.06. The number of nitrogens with zero attached hydrogens (tertiary/aromatic N) is 4. The number of rotatable bonds is 5. The summed E-state index contributed by atoms with van der Waals surface area (Å²) >= 11 is 1.38. The van der Waals surface area contributed by atoms with E-state index in [1.807, 2.05) is 13.2 Å². The zero-order valence-corrected chi connectivity index (χ0v) is 14.8. The number of halogens is 2. The van der Waals surface area contributed by atoms with Crippen molar-refractivity contribution >= 4 is 17.7 Å². The molecule has 0 bridgehead atoms. The average molecular weight is 375 g/mol. The highest BCUT2D eigenvalue weighted by Gasteiger charge is 2.17. The molecule has 26 heavy (non-hydrogen) atoms. The minimum atomic E-state index is -0.959. The minimum Gasteiger partial charge on any atom is -0.363 e. The molecule has 0 aliphatic heterocycles. The molecule has 0 spiro atoms. The van der Waals surface area contributed by atoms with Crippen molar-refractivity contribution in [3.63, 3.8) is 0 Å². The number of primary amides is 1. The number of aryl methyl sites for hydroxylation is 1. The molecule has 0 saturated heterocycles. The normalized spacial score (nSPS) is 10.9. The van der Waals surface area contributed by atoms with Gasteiger partial charge in [0.2, 0.25) is 0 Å². The van der Waals surface area contributed by atoms with Crippen LogP contribution in [0.4, 0.5) is 8.78 Å². The molecule has 134 valence electrons. The Bertz CT molecular complexity index is 989. The minimum absolute atomic E-state index is 0.00782. The van der Waals surface area contributed by atoms with E-state index in [-0.39, 0.29) is 12.4 Å². The van der Waals surface area contributed by atoms with Crippen LogP contribution in [0.25, 0.3) is 11.4 Å². The van der Waals surface area contributed by atoms with Crippen LogP contribution in [0.5, 0.6) is 0 Å². The number of carbonyl (C=O) groups excluding carboxylic acids is 1. The maximum atomic E-state index is 13.4. The van der Waals surface area contributed by atoms with Crippen molar-refractivity contribution in [2.45, 2.75) is 18.6 Å². The van der Waals surface area contributed by atoms with E-state index in [1.165, 1.54) is 22.4 Å². The summed E-state index contributed by atoms with van der Waals surface area (Å²) in [5.41, 5.74) is 7.71. The summed E-state index contributed by atoms with van der Waals surface area (Å²) in [5, 5.41) is 0.571. The summed E-state index contributed by atoms with van der Waals surface area (Å²) in [4.78, 5) is 24.6. The molecule has 9 heteroatoms. The Morgan fingerprint density at radius 2 is 2.04 bits per heavy atom. The van der Waals surface area contributed by atoms with Gasteiger partial charge in [-0.1, -0.05) is 17.8 Å². The van der Waals surface area contributed by atoms with E-state index in [0.717, 1.165) is 17.7 Å². The van der Waals surface area contributed by atoms with Crippen molar-refractivity contribution in [2.75, 3.05) is 6.26 Å². The van der Waals surface area contributed by atoms with Gasteiger partial charge in [-0.2, -0.15) is 0 Å². The first-order valence-electron chi connectivity index (χ1n) is 7.58. The van der Waals surface area contributed by atoms with E-state index in [4.69, 9.17) is 5.73 Å². The lowest BCUT2D eigenvalue weighted by atomic mass is 10.2. The molecule has 2 heterocycles. The van der Waals surface area contributed by atoms with E-state index in [2.05, 4.69) is 15.0 Å². The van der Waals surface area contributed by atoms with Gasteiger partial charge in [0.1, 0.15) is 5.69 Å². The van der Waals surface area contributed by atoms with Crippen molar-refractivity contribution < 1.29 is 13.6 Å². The highest BCUT2D eigenvalue weighted by molar-refractivity contribution is 7.98. The standard InChI is InChI=1S/C17H15F2N5OS/c1-9-6-21-17(26-2)23-14(9)13-8-24(16(22-13)15(20)25)7-10-3-4-11(18)12(19)5-10/h3-6,8H,7H2,1-2H3,(H2,20,25). The molecule has 0 aliphatic rings. The molecule has 1 aromatic carbocycles. The summed E-state index contributed by atoms with van der Waals surface area (Å²) < 4.78 is 28.0. The van der Waals surface area contributed by atoms with Crippen LogP contribution in [0.1, 0.15) is 21.7 Å². The lowest BCUT2D eigenvalue weighted by molar-refractivity contribution is 0.0987. The van der Waals surface area contributed by atoms with E-state index in [9.17, 15) is 13.6 Å². The Kier molecular flexibility index (Phi) is 4.99. The third kappa shape index (κ3) is 3.57. The zero-order valence-electron chi connectivity index (χ0n) is 14.0. The second-order valence-electron chi connectivity index (χ2n) is 5.58. The van der Waals surface area contributed by atoms with E-state index in [1.54, 1.807) is 12.4 Å². The van der Waals surface area contributed by atoms with Crippen molar-refractivity contribution in [1.82, 2.24) is 19.5 Å². The van der Waals surface area contributed by atoms with Crippen LogP contribution >= 0.6 is 11.8 Å². The molecule has 0 atom stereocenters. The fourth-order valence-corrected chi connectivity index (χ4v) is 2.81. The van der Waals surface area contributed by atoms with Gasteiger partial charge in [0.25, 0.3) is 5.91 Å². The second-order valence-corrected chi connectivity index (χ2v) is 6.35. The van der Waals surface area contributed by atoms with Gasteiger partial charge in [-0.25, -0.2) is 23.7 Å². The van der Waals surface area contributed by atoms with Gasteiger partial charge in [-0.3, -0.25) is 4.79 Å². The Morgan fingerprint density at radius 3 is 2.69 bits per heavy atom. The SMILES string of the molecule is CSc1ncc(C)c(-c2cn(Cc3ccc(F)c(F)c3)c(C(N)=O)n2)n1. The van der Waals surface area contributed by atoms with E-state index in [0.29, 0.717) is 22.1 Å². The number of nitrogens with two attached hydrogens (primary N) is 1. The largest absolute Gasteiger partial charge is 0.363 e. The summed E-state index contributed by atoms with van der Waals surface area (Å²) in [5.74, 6) is -2.61. The van der Waals surface area contributed by atoms with Gasteiger partial charge >= 0.3 is 0 Å². The van der Waals surface area contributed by atoms with Crippen molar-refractivity contribution in [3.8, 4) is 11.4 Å². The highest BCUT2D eigenvalue weighted by Crippen LogP contribution is 2.23. The molecule has 3 rings (SSSR count). The molecular formula is C17H15F2N5OS. The highest BCUT2D eigenvalue weighted by atomic mass is 32.2. The molecule has 0 fully saturated rings. The predicted octanol–water partition coefficient (Wildman–Crippen LogP) is 2.80. The molecule has 6 nitrogen and oxygen atoms in total. The molecule has 2 aromatic heterocycles. The van der Waals surface area contributed by atoms with Crippen molar-refractivity contribution in [1.29, 1.82) is 0 Å². The molecule has 2 N–H and O–H groups in total. The number of carbonyl (C=O) groups is 1. The first kappa shape index (κ1) is 18.0. The smallest absolute Gasteiger partial charge is 0.284 e. The van der Waals surface area contributed by atoms with Crippen LogP contribution in [-0.4, -0.2) is 31.7 Å². The molecule has 3 aromatic rings. The lowest BCUT2D eigenvalue weighted by Crippen LogP contribution is -2.18. The van der Waals surface area contributed by atoms with Gasteiger partial charge in [-0.05, 0) is 36.4 Å². The molecular weight excluding hydrogens is 360 g/mol. The van der Waals surface area contributed by atoms with Gasteiger partial charge < -0.3 is 10.3 Å². The summed E-state index contributed by atoms with van der Waals surface area (Å²) in [6.07, 6.45) is 5.14. The van der Waals surface area contributed by atoms with E-state index >= 15 is 0 Å². The maximum absolute atomic E-state index is 13.4. The Hall–Kier alpha value is -2.81. The fourth-order valence-electron chi connectivity index (χ4n) is 2.47. The first-order chi connectivity index (χ1) is 12.4. The molecule has 0 radical (unpaired) electrons. The van der Waals surface area contributed by atoms with Crippen LogP contribution < -0.4 is 5.73 Å². The van der Waals surface area contributed by atoms with Crippen LogP contribution in [0.2, 0.25) is 0 Å². The van der Waals surface area contributed by atoms with Gasteiger partial charge in [0, 0.05) is 18.9 Å². The van der Waals surface area contributed by atoms with Crippen LogP contribution in [0.15, 0.2) is 35.7 Å². The average Bonchev–Trinajstić information content (AvgIpc) is 3.02. The molecule has 1 amide bonds. The molecule has 0 unspecified atom stereocenters. The first-order valence-corrected chi connectivity index (χ1v) is 8.80. The third-order valence-corrected chi connectivity index (χ3v) is 4.27. The summed E-state index contributed by atoms with van der Waals surface area (Å²) in [6, 6.07) is 3.54. The van der Waals surface area contributed by atoms with Gasteiger partial charge in [0.05, 0.1) is 5.69 Å². The van der Waals surface area contributed by atoms with Gasteiger partial charge in [0.15, 0.2) is 22.6 Å². The number of benzene rings is 1. The number of thioether (sulfide) groups is 1. The second kappa shape index (κ2) is 7.20. The van der Waals surface area contributed by atoms with Crippen molar-refractivity contribution in [2.24, 2.45) is 5.73 Å². The zero-order chi connectivity index (χ0) is 18.8. The Balaban J connectivity index is 2.04. The number of hydrogen-bond acceptors (Lipinski definition) is 5. The van der Waals surface area contributed by atoms with E-state index < -0.39 is 17.5 Å². The topological polar surface area (TPSA) is 86.7 Å². The number of aromatic nitrogens is 4. The monoisotopic (exact) mass is 375 g/mol. The van der Waals surface area contributed by atoms with Crippen LogP contribution in [0, 0.1) is 18.6 Å². The summed E-state index contributed by atoms with van der Waals surface area (Å²) in [7, 11) is 0. The Labute approximate surface area is 152 Å². The predicted molar refractivity (Wildman–Crippen MR) is 93.7 cm³/mol.